The van der Waals surface area contributed by atoms with Crippen LogP contribution in [0.5, 0.6) is 0 Å². The molecule has 15 heavy (non-hydrogen) atoms. The van der Waals surface area contributed by atoms with Crippen LogP contribution in [0, 0.1) is 0 Å². The lowest BCUT2D eigenvalue weighted by molar-refractivity contribution is 0.138. The Hall–Kier alpha value is -0.480. The third-order valence-corrected chi connectivity index (χ3v) is 3.01. The molecule has 3 nitrogen and oxygen atoms in total. The number of thioether (sulfide) groups is 1. The van der Waals surface area contributed by atoms with Crippen molar-refractivity contribution in [2.24, 2.45) is 5.73 Å². The number of carbonyl (C=O) groups is 1. The minimum Gasteiger partial charge on any atom is -0.450 e. The summed E-state index contributed by atoms with van der Waals surface area (Å²) in [6, 6.07) is 0.245. The van der Waals surface area contributed by atoms with Crippen LogP contribution in [0.4, 0.5) is 4.79 Å². The lowest BCUT2D eigenvalue weighted by Crippen LogP contribution is -2.24. The SMILES string of the molecule is CCSC(=O)OC1/C=C/CCC(N)CC1. The summed E-state index contributed by atoms with van der Waals surface area (Å²) < 4.78 is 5.30. The normalized spacial score (nSPS) is 28.9. The Bertz CT molecular complexity index is 231. The number of rotatable bonds is 2. The molecule has 0 aromatic heterocycles. The monoisotopic (exact) mass is 229 g/mol. The smallest absolute Gasteiger partial charge is 0.367 e. The van der Waals surface area contributed by atoms with E-state index < -0.39 is 0 Å². The Morgan fingerprint density at radius 2 is 2.33 bits per heavy atom. The highest BCUT2D eigenvalue weighted by molar-refractivity contribution is 8.13. The molecule has 0 aliphatic heterocycles. The van der Waals surface area contributed by atoms with Crippen LogP contribution in [-0.4, -0.2) is 23.2 Å². The van der Waals surface area contributed by atoms with Crippen LogP contribution in [-0.2, 0) is 4.74 Å². The summed E-state index contributed by atoms with van der Waals surface area (Å²) in [5.41, 5.74) is 5.88. The minimum absolute atomic E-state index is 0.0806. The maximum atomic E-state index is 11.3. The zero-order valence-corrected chi connectivity index (χ0v) is 9.96. The largest absolute Gasteiger partial charge is 0.450 e. The van der Waals surface area contributed by atoms with Crippen molar-refractivity contribution in [3.8, 4) is 0 Å². The highest BCUT2D eigenvalue weighted by atomic mass is 32.2. The fraction of sp³-hybridized carbons (Fsp3) is 0.727. The van der Waals surface area contributed by atoms with Gasteiger partial charge in [0.25, 0.3) is 0 Å². The summed E-state index contributed by atoms with van der Waals surface area (Å²) in [4.78, 5) is 11.3. The molecule has 4 heteroatoms. The predicted molar refractivity (Wildman–Crippen MR) is 64.0 cm³/mol. The number of ether oxygens (including phenoxy) is 1. The number of hydrogen-bond acceptors (Lipinski definition) is 4. The summed E-state index contributed by atoms with van der Waals surface area (Å²) in [6.45, 7) is 1.94. The second-order valence-corrected chi connectivity index (χ2v) is 4.88. The Balaban J connectivity index is 2.38. The average Bonchev–Trinajstić information content (AvgIpc) is 2.17. The lowest BCUT2D eigenvalue weighted by atomic mass is 10.0. The lowest BCUT2D eigenvalue weighted by Gasteiger charge is -2.19. The fourth-order valence-corrected chi connectivity index (χ4v) is 1.98. The van der Waals surface area contributed by atoms with E-state index in [-0.39, 0.29) is 17.4 Å². The first-order valence-electron chi connectivity index (χ1n) is 5.48. The first-order chi connectivity index (χ1) is 7.22. The molecule has 0 aromatic rings. The molecule has 0 amide bonds. The van der Waals surface area contributed by atoms with Crippen molar-refractivity contribution in [3.05, 3.63) is 12.2 Å². The molecule has 2 atom stereocenters. The molecule has 0 spiro atoms. The molecule has 0 bridgehead atoms. The molecular weight excluding hydrogens is 210 g/mol. The van der Waals surface area contributed by atoms with E-state index in [2.05, 4.69) is 6.08 Å². The van der Waals surface area contributed by atoms with Crippen molar-refractivity contribution in [3.63, 3.8) is 0 Å². The first kappa shape index (κ1) is 12.6. The van der Waals surface area contributed by atoms with E-state index in [1.54, 1.807) is 0 Å². The highest BCUT2D eigenvalue weighted by Crippen LogP contribution is 2.16. The summed E-state index contributed by atoms with van der Waals surface area (Å²) in [5, 5.41) is -0.179. The zero-order chi connectivity index (χ0) is 11.1. The average molecular weight is 229 g/mol. The van der Waals surface area contributed by atoms with Gasteiger partial charge in [-0.3, -0.25) is 0 Å². The Kier molecular flexibility index (Phi) is 5.79. The second kappa shape index (κ2) is 6.90. The fourth-order valence-electron chi connectivity index (χ4n) is 1.55. The van der Waals surface area contributed by atoms with Crippen molar-refractivity contribution in [2.75, 3.05) is 5.75 Å². The van der Waals surface area contributed by atoms with Gasteiger partial charge in [0.2, 0.25) is 0 Å². The van der Waals surface area contributed by atoms with Gasteiger partial charge in [-0.15, -0.1) is 0 Å². The first-order valence-corrected chi connectivity index (χ1v) is 6.46. The van der Waals surface area contributed by atoms with Gasteiger partial charge in [-0.1, -0.05) is 13.0 Å². The number of nitrogens with two attached hydrogens (primary N) is 1. The van der Waals surface area contributed by atoms with Crippen molar-refractivity contribution < 1.29 is 9.53 Å². The number of carbonyl (C=O) groups excluding carboxylic acids is 1. The van der Waals surface area contributed by atoms with Gasteiger partial charge in [-0.05, 0) is 43.5 Å². The van der Waals surface area contributed by atoms with E-state index in [1.807, 2.05) is 13.0 Å². The van der Waals surface area contributed by atoms with Gasteiger partial charge in [-0.25, -0.2) is 4.79 Å². The molecule has 0 saturated carbocycles. The van der Waals surface area contributed by atoms with Gasteiger partial charge in [0.15, 0.2) is 0 Å². The van der Waals surface area contributed by atoms with E-state index in [0.29, 0.717) is 0 Å². The van der Waals surface area contributed by atoms with E-state index in [4.69, 9.17) is 10.5 Å². The standard InChI is InChI=1S/C11H19NO2S/c1-2-15-11(13)14-10-6-4-3-5-9(12)7-8-10/h4,6,9-10H,2-3,5,7-8,12H2,1H3/b6-4+. The summed E-state index contributed by atoms with van der Waals surface area (Å²) >= 11 is 1.21. The molecule has 86 valence electrons. The van der Waals surface area contributed by atoms with Gasteiger partial charge in [0.1, 0.15) is 6.10 Å². The Labute approximate surface area is 95.4 Å². The maximum absolute atomic E-state index is 11.3. The zero-order valence-electron chi connectivity index (χ0n) is 9.15. The van der Waals surface area contributed by atoms with E-state index in [0.717, 1.165) is 31.4 Å². The Morgan fingerprint density at radius 3 is 3.07 bits per heavy atom. The molecule has 1 aliphatic carbocycles. The molecule has 0 heterocycles. The van der Waals surface area contributed by atoms with Crippen molar-refractivity contribution in [1.29, 1.82) is 0 Å². The van der Waals surface area contributed by atoms with Crippen LogP contribution in [0.1, 0.15) is 32.6 Å². The molecule has 0 fully saturated rings. The van der Waals surface area contributed by atoms with E-state index in [9.17, 15) is 4.79 Å². The van der Waals surface area contributed by atoms with Crippen molar-refractivity contribution in [2.45, 2.75) is 44.8 Å². The van der Waals surface area contributed by atoms with Crippen molar-refractivity contribution in [1.82, 2.24) is 0 Å². The Morgan fingerprint density at radius 1 is 1.53 bits per heavy atom. The van der Waals surface area contributed by atoms with Gasteiger partial charge in [-0.2, -0.15) is 0 Å². The molecular formula is C11H19NO2S. The molecule has 0 radical (unpaired) electrons. The van der Waals surface area contributed by atoms with E-state index in [1.165, 1.54) is 11.8 Å². The van der Waals surface area contributed by atoms with Crippen LogP contribution >= 0.6 is 11.8 Å². The van der Waals surface area contributed by atoms with Crippen LogP contribution < -0.4 is 5.73 Å². The molecule has 0 aromatic carbocycles. The van der Waals surface area contributed by atoms with Crippen molar-refractivity contribution >= 4 is 17.1 Å². The molecule has 2 N–H and O–H groups in total. The molecule has 1 aliphatic rings. The van der Waals surface area contributed by atoms with Gasteiger partial charge in [0.05, 0.1) is 0 Å². The van der Waals surface area contributed by atoms with Crippen LogP contribution in [0.3, 0.4) is 0 Å². The number of hydrogen-bond donors (Lipinski definition) is 1. The third-order valence-electron chi connectivity index (χ3n) is 2.39. The predicted octanol–water partition coefficient (Wildman–Crippen LogP) is 2.70. The molecule has 2 unspecified atom stereocenters. The maximum Gasteiger partial charge on any atom is 0.367 e. The van der Waals surface area contributed by atoms with Crippen LogP contribution in [0.15, 0.2) is 12.2 Å². The molecule has 1 rings (SSSR count). The second-order valence-electron chi connectivity index (χ2n) is 3.68. The van der Waals surface area contributed by atoms with Gasteiger partial charge < -0.3 is 10.5 Å². The number of allylic oxidation sites excluding steroid dienone is 1. The minimum atomic E-state index is -0.179. The van der Waals surface area contributed by atoms with Crippen LogP contribution in [0.2, 0.25) is 0 Å². The topological polar surface area (TPSA) is 52.3 Å². The van der Waals surface area contributed by atoms with Gasteiger partial charge in [0, 0.05) is 11.8 Å². The quantitative estimate of drug-likeness (QED) is 0.584. The third kappa shape index (κ3) is 5.23. The van der Waals surface area contributed by atoms with Gasteiger partial charge >= 0.3 is 5.30 Å². The highest BCUT2D eigenvalue weighted by Gasteiger charge is 2.14. The van der Waals surface area contributed by atoms with E-state index >= 15 is 0 Å². The van der Waals surface area contributed by atoms with Crippen LogP contribution in [0.25, 0.3) is 0 Å². The summed E-state index contributed by atoms with van der Waals surface area (Å²) in [5.74, 6) is 0.759. The molecule has 0 saturated heterocycles. The summed E-state index contributed by atoms with van der Waals surface area (Å²) in [6.07, 6.45) is 7.75. The summed E-state index contributed by atoms with van der Waals surface area (Å²) in [7, 11) is 0.